The molecule has 0 aliphatic rings. The molecule has 0 spiro atoms. The molecule has 0 aliphatic heterocycles. The van der Waals surface area contributed by atoms with Crippen molar-refractivity contribution in [3.8, 4) is 0 Å². The molecule has 19 heavy (non-hydrogen) atoms. The highest BCUT2D eigenvalue weighted by atomic mass is 79.9. The van der Waals surface area contributed by atoms with Crippen molar-refractivity contribution in [1.82, 2.24) is 9.38 Å². The highest BCUT2D eigenvalue weighted by Crippen LogP contribution is 2.22. The van der Waals surface area contributed by atoms with E-state index in [2.05, 4.69) is 20.9 Å². The molecule has 1 unspecified atom stereocenters. The largest absolute Gasteiger partial charge is 0.324 e. The topological polar surface area (TPSA) is 43.3 Å². The number of fused-ring (bicyclic) bond motifs is 1. The predicted octanol–water partition coefficient (Wildman–Crippen LogP) is 3.54. The van der Waals surface area contributed by atoms with E-state index in [0.29, 0.717) is 10.9 Å². The van der Waals surface area contributed by atoms with Crippen molar-refractivity contribution >= 4 is 32.2 Å². The Morgan fingerprint density at radius 1 is 1.47 bits per heavy atom. The lowest BCUT2D eigenvalue weighted by Gasteiger charge is -2.10. The molecule has 0 amide bonds. The Bertz CT molecular complexity index is 693. The van der Waals surface area contributed by atoms with Crippen LogP contribution in [-0.2, 0) is 6.42 Å². The van der Waals surface area contributed by atoms with E-state index in [4.69, 9.17) is 5.73 Å². The van der Waals surface area contributed by atoms with Crippen LogP contribution in [0.1, 0.15) is 17.3 Å². The van der Waals surface area contributed by atoms with Crippen LogP contribution >= 0.6 is 27.3 Å². The average molecular weight is 340 g/mol. The molecule has 98 valence electrons. The van der Waals surface area contributed by atoms with Crippen molar-refractivity contribution in [3.05, 3.63) is 57.5 Å². The Morgan fingerprint density at radius 2 is 2.32 bits per heavy atom. The number of benzene rings is 1. The van der Waals surface area contributed by atoms with Gasteiger partial charge in [0, 0.05) is 30.2 Å². The number of aromatic nitrogens is 2. The standard InChI is InChI=1S/C13H11BrFN3S/c14-10-2-1-8(5-11(10)15)12(16)6-9-7-18-3-4-19-13(18)17-9/h1-5,7,12H,6,16H2. The van der Waals surface area contributed by atoms with Gasteiger partial charge in [-0.25, -0.2) is 9.37 Å². The van der Waals surface area contributed by atoms with Crippen LogP contribution < -0.4 is 5.73 Å². The number of thiazole rings is 1. The Balaban J connectivity index is 1.82. The SMILES string of the molecule is NC(Cc1cn2ccsc2n1)c1ccc(Br)c(F)c1. The number of imidazole rings is 1. The zero-order chi connectivity index (χ0) is 13.4. The van der Waals surface area contributed by atoms with Gasteiger partial charge in [-0.1, -0.05) is 6.07 Å². The van der Waals surface area contributed by atoms with Gasteiger partial charge in [-0.3, -0.25) is 4.40 Å². The van der Waals surface area contributed by atoms with Crippen LogP contribution in [0.4, 0.5) is 4.39 Å². The fraction of sp³-hybridized carbons (Fsp3) is 0.154. The average Bonchev–Trinajstić information content (AvgIpc) is 2.93. The van der Waals surface area contributed by atoms with Gasteiger partial charge in [-0.05, 0) is 33.6 Å². The normalized spacial score (nSPS) is 13.0. The molecule has 0 aliphatic carbocycles. The molecule has 1 aromatic carbocycles. The van der Waals surface area contributed by atoms with Crippen LogP contribution in [0.25, 0.3) is 4.96 Å². The van der Waals surface area contributed by atoms with Crippen LogP contribution in [0, 0.1) is 5.82 Å². The molecule has 2 aromatic heterocycles. The number of rotatable bonds is 3. The lowest BCUT2D eigenvalue weighted by molar-refractivity contribution is 0.611. The molecule has 3 nitrogen and oxygen atoms in total. The molecule has 6 heteroatoms. The van der Waals surface area contributed by atoms with Gasteiger partial charge in [0.15, 0.2) is 4.96 Å². The molecule has 2 N–H and O–H groups in total. The zero-order valence-corrected chi connectivity index (χ0v) is 12.3. The minimum atomic E-state index is -0.293. The first kappa shape index (κ1) is 12.8. The number of nitrogens with zero attached hydrogens (tertiary/aromatic N) is 2. The van der Waals surface area contributed by atoms with Gasteiger partial charge in [0.05, 0.1) is 10.2 Å². The summed E-state index contributed by atoms with van der Waals surface area (Å²) >= 11 is 4.71. The van der Waals surface area contributed by atoms with E-state index in [1.165, 1.54) is 6.07 Å². The molecule has 3 rings (SSSR count). The molecule has 0 bridgehead atoms. The summed E-state index contributed by atoms with van der Waals surface area (Å²) in [6.07, 6.45) is 4.51. The minimum absolute atomic E-state index is 0.257. The number of nitrogens with two attached hydrogens (primary N) is 1. The van der Waals surface area contributed by atoms with Crippen LogP contribution in [0.2, 0.25) is 0 Å². The Kier molecular flexibility index (Phi) is 3.38. The summed E-state index contributed by atoms with van der Waals surface area (Å²) in [5.74, 6) is -0.293. The van der Waals surface area contributed by atoms with Crippen LogP contribution in [0.5, 0.6) is 0 Å². The monoisotopic (exact) mass is 339 g/mol. The summed E-state index contributed by atoms with van der Waals surface area (Å²) in [5.41, 5.74) is 7.80. The first-order valence-corrected chi connectivity index (χ1v) is 7.42. The molecule has 0 saturated heterocycles. The van der Waals surface area contributed by atoms with Crippen molar-refractivity contribution in [3.63, 3.8) is 0 Å². The van der Waals surface area contributed by atoms with Crippen molar-refractivity contribution < 1.29 is 4.39 Å². The van der Waals surface area contributed by atoms with Crippen LogP contribution in [0.3, 0.4) is 0 Å². The van der Waals surface area contributed by atoms with Gasteiger partial charge in [0.1, 0.15) is 5.82 Å². The van der Waals surface area contributed by atoms with Gasteiger partial charge in [0.25, 0.3) is 0 Å². The van der Waals surface area contributed by atoms with Gasteiger partial charge in [0.2, 0.25) is 0 Å². The lowest BCUT2D eigenvalue weighted by atomic mass is 10.0. The first-order chi connectivity index (χ1) is 9.13. The van der Waals surface area contributed by atoms with E-state index in [1.54, 1.807) is 17.4 Å². The van der Waals surface area contributed by atoms with E-state index in [-0.39, 0.29) is 11.9 Å². The maximum absolute atomic E-state index is 13.5. The fourth-order valence-electron chi connectivity index (χ4n) is 1.96. The summed E-state index contributed by atoms with van der Waals surface area (Å²) in [4.78, 5) is 5.42. The van der Waals surface area contributed by atoms with Gasteiger partial charge < -0.3 is 5.73 Å². The second kappa shape index (κ2) is 5.03. The molecular formula is C13H11BrFN3S. The van der Waals surface area contributed by atoms with Crippen molar-refractivity contribution in [1.29, 1.82) is 0 Å². The summed E-state index contributed by atoms with van der Waals surface area (Å²) < 4.78 is 15.9. The summed E-state index contributed by atoms with van der Waals surface area (Å²) in [7, 11) is 0. The summed E-state index contributed by atoms with van der Waals surface area (Å²) in [6, 6.07) is 4.71. The Hall–Kier alpha value is -1.24. The third-order valence-electron chi connectivity index (χ3n) is 2.94. The number of hydrogen-bond acceptors (Lipinski definition) is 3. The second-order valence-electron chi connectivity index (χ2n) is 4.31. The van der Waals surface area contributed by atoms with Crippen LogP contribution in [0.15, 0.2) is 40.4 Å². The van der Waals surface area contributed by atoms with E-state index >= 15 is 0 Å². The van der Waals surface area contributed by atoms with Gasteiger partial charge in [-0.2, -0.15) is 0 Å². The van der Waals surface area contributed by atoms with E-state index in [0.717, 1.165) is 16.2 Å². The molecule has 3 aromatic rings. The van der Waals surface area contributed by atoms with E-state index in [9.17, 15) is 4.39 Å². The molecule has 0 fully saturated rings. The smallest absolute Gasteiger partial charge is 0.193 e. The lowest BCUT2D eigenvalue weighted by Crippen LogP contribution is -2.13. The number of hydrogen-bond donors (Lipinski definition) is 1. The molecule has 0 radical (unpaired) electrons. The number of halogens is 2. The molecule has 0 saturated carbocycles. The first-order valence-electron chi connectivity index (χ1n) is 5.75. The summed E-state index contributed by atoms with van der Waals surface area (Å²) in [6.45, 7) is 0. The predicted molar refractivity (Wildman–Crippen MR) is 77.8 cm³/mol. The van der Waals surface area contributed by atoms with Crippen molar-refractivity contribution in [2.75, 3.05) is 0 Å². The molecular weight excluding hydrogens is 329 g/mol. The summed E-state index contributed by atoms with van der Waals surface area (Å²) in [5, 5.41) is 1.98. The van der Waals surface area contributed by atoms with Crippen molar-refractivity contribution in [2.45, 2.75) is 12.5 Å². The van der Waals surface area contributed by atoms with Gasteiger partial charge in [-0.15, -0.1) is 11.3 Å². The maximum atomic E-state index is 13.5. The zero-order valence-electron chi connectivity index (χ0n) is 9.88. The Morgan fingerprint density at radius 3 is 3.05 bits per heavy atom. The highest BCUT2D eigenvalue weighted by Gasteiger charge is 2.12. The van der Waals surface area contributed by atoms with E-state index < -0.39 is 0 Å². The third kappa shape index (κ3) is 2.56. The molecule has 1 atom stereocenters. The molecule has 2 heterocycles. The fourth-order valence-corrected chi connectivity index (χ4v) is 2.93. The maximum Gasteiger partial charge on any atom is 0.193 e. The highest BCUT2D eigenvalue weighted by molar-refractivity contribution is 9.10. The second-order valence-corrected chi connectivity index (χ2v) is 6.04. The quantitative estimate of drug-likeness (QED) is 0.793. The van der Waals surface area contributed by atoms with Gasteiger partial charge >= 0.3 is 0 Å². The third-order valence-corrected chi connectivity index (χ3v) is 4.36. The Labute approximate surface area is 122 Å². The van der Waals surface area contributed by atoms with Crippen molar-refractivity contribution in [2.24, 2.45) is 5.73 Å². The minimum Gasteiger partial charge on any atom is -0.324 e. The van der Waals surface area contributed by atoms with Crippen LogP contribution in [-0.4, -0.2) is 9.38 Å². The van der Waals surface area contributed by atoms with E-state index in [1.807, 2.05) is 28.2 Å².